The van der Waals surface area contributed by atoms with Crippen molar-refractivity contribution in [2.24, 2.45) is 0 Å². The van der Waals surface area contributed by atoms with Crippen LogP contribution in [0.5, 0.6) is 17.2 Å². The molecular weight excluding hydrogens is 344 g/mol. The molecule has 6 heteroatoms. The average molecular weight is 359 g/mol. The predicted molar refractivity (Wildman–Crippen MR) is 93.3 cm³/mol. The van der Waals surface area contributed by atoms with Crippen molar-refractivity contribution in [3.8, 4) is 17.2 Å². The number of halogens is 2. The molecule has 0 radical (unpaired) electrons. The predicted octanol–water partition coefficient (Wildman–Crippen LogP) is 5.32. The van der Waals surface area contributed by atoms with Crippen LogP contribution in [0.2, 0.25) is 0 Å². The number of rotatable bonds is 7. The van der Waals surface area contributed by atoms with Crippen LogP contribution in [-0.4, -0.2) is 17.3 Å². The first kappa shape index (κ1) is 17.2. The van der Waals surface area contributed by atoms with Gasteiger partial charge in [0, 0.05) is 30.1 Å². The first-order valence-electron chi connectivity index (χ1n) is 7.60. The van der Waals surface area contributed by atoms with E-state index in [4.69, 9.17) is 9.47 Å². The average Bonchev–Trinajstić information content (AvgIpc) is 2.60. The van der Waals surface area contributed by atoms with Gasteiger partial charge in [0.25, 0.3) is 0 Å². The van der Waals surface area contributed by atoms with E-state index in [0.29, 0.717) is 18.1 Å². The molecule has 1 heterocycles. The highest BCUT2D eigenvalue weighted by atomic mass is 32.2. The van der Waals surface area contributed by atoms with Gasteiger partial charge in [-0.15, -0.1) is 11.8 Å². The van der Waals surface area contributed by atoms with E-state index in [9.17, 15) is 8.78 Å². The van der Waals surface area contributed by atoms with E-state index < -0.39 is 11.6 Å². The molecule has 3 rings (SSSR count). The zero-order chi connectivity index (χ0) is 17.5. The Balaban J connectivity index is 1.48. The molecular formula is C19H15F2NO2S. The first-order chi connectivity index (χ1) is 12.2. The third-order valence-electron chi connectivity index (χ3n) is 3.14. The van der Waals surface area contributed by atoms with Crippen molar-refractivity contribution < 1.29 is 18.3 Å². The van der Waals surface area contributed by atoms with Crippen LogP contribution in [0.3, 0.4) is 0 Å². The van der Waals surface area contributed by atoms with E-state index in [-0.39, 0.29) is 5.75 Å². The summed E-state index contributed by atoms with van der Waals surface area (Å²) in [7, 11) is 0. The summed E-state index contributed by atoms with van der Waals surface area (Å²) in [5.41, 5.74) is 0. The highest BCUT2D eigenvalue weighted by molar-refractivity contribution is 7.99. The zero-order valence-corrected chi connectivity index (χ0v) is 14.0. The van der Waals surface area contributed by atoms with Gasteiger partial charge in [0.05, 0.1) is 11.6 Å². The Morgan fingerprint density at radius 2 is 1.56 bits per heavy atom. The normalized spacial score (nSPS) is 10.5. The summed E-state index contributed by atoms with van der Waals surface area (Å²) >= 11 is 1.62. The molecule has 0 spiro atoms. The Bertz CT molecular complexity index is 793. The van der Waals surface area contributed by atoms with Gasteiger partial charge in [0.1, 0.15) is 28.9 Å². The quantitative estimate of drug-likeness (QED) is 0.422. The van der Waals surface area contributed by atoms with E-state index in [2.05, 4.69) is 4.98 Å². The molecule has 0 aliphatic heterocycles. The van der Waals surface area contributed by atoms with Crippen LogP contribution in [0.4, 0.5) is 8.78 Å². The molecule has 2 aromatic carbocycles. The van der Waals surface area contributed by atoms with Crippen molar-refractivity contribution in [1.29, 1.82) is 0 Å². The van der Waals surface area contributed by atoms with E-state index in [1.165, 1.54) is 0 Å². The number of nitrogens with zero attached hydrogens (tertiary/aromatic N) is 1. The second-order valence-corrected chi connectivity index (χ2v) is 6.16. The van der Waals surface area contributed by atoms with Crippen LogP contribution in [0.15, 0.2) is 71.9 Å². The van der Waals surface area contributed by atoms with Gasteiger partial charge in [-0.05, 0) is 36.4 Å². The Kier molecular flexibility index (Phi) is 5.85. The number of hydrogen-bond donors (Lipinski definition) is 0. The maximum atomic E-state index is 13.1. The number of benzene rings is 2. The maximum Gasteiger partial charge on any atom is 0.133 e. The largest absolute Gasteiger partial charge is 0.493 e. The van der Waals surface area contributed by atoms with Gasteiger partial charge in [0.2, 0.25) is 0 Å². The molecule has 0 aliphatic carbocycles. The molecule has 0 saturated carbocycles. The SMILES string of the molecule is Fc1cc(F)cc(Oc2ccc(OCCSc3ccccn3)cc2)c1. The molecule has 0 bridgehead atoms. The molecule has 3 nitrogen and oxygen atoms in total. The van der Waals surface area contributed by atoms with E-state index >= 15 is 0 Å². The lowest BCUT2D eigenvalue weighted by molar-refractivity contribution is 0.343. The van der Waals surface area contributed by atoms with Crippen LogP contribution in [0.1, 0.15) is 0 Å². The summed E-state index contributed by atoms with van der Waals surface area (Å²) in [5.74, 6) is 0.691. The van der Waals surface area contributed by atoms with Gasteiger partial charge >= 0.3 is 0 Å². The number of aromatic nitrogens is 1. The van der Waals surface area contributed by atoms with Crippen molar-refractivity contribution >= 4 is 11.8 Å². The molecule has 25 heavy (non-hydrogen) atoms. The van der Waals surface area contributed by atoms with Crippen molar-refractivity contribution in [3.63, 3.8) is 0 Å². The second-order valence-electron chi connectivity index (χ2n) is 5.04. The van der Waals surface area contributed by atoms with Gasteiger partial charge in [-0.2, -0.15) is 0 Å². The van der Waals surface area contributed by atoms with Crippen LogP contribution >= 0.6 is 11.8 Å². The highest BCUT2D eigenvalue weighted by Crippen LogP contribution is 2.25. The minimum absolute atomic E-state index is 0.109. The van der Waals surface area contributed by atoms with Crippen LogP contribution in [0.25, 0.3) is 0 Å². The van der Waals surface area contributed by atoms with Crippen molar-refractivity contribution in [3.05, 3.63) is 78.5 Å². The monoisotopic (exact) mass is 359 g/mol. The molecule has 0 N–H and O–H groups in total. The third-order valence-corrected chi connectivity index (χ3v) is 4.04. The van der Waals surface area contributed by atoms with E-state index in [0.717, 1.165) is 29.0 Å². The summed E-state index contributed by atoms with van der Waals surface area (Å²) < 4.78 is 37.4. The molecule has 0 saturated heterocycles. The standard InChI is InChI=1S/C19H15F2NO2S/c20-14-11-15(21)13-18(12-14)24-17-6-4-16(5-7-17)23-9-10-25-19-3-1-2-8-22-19/h1-8,11-13H,9-10H2. The van der Waals surface area contributed by atoms with E-state index in [1.54, 1.807) is 42.2 Å². The molecule has 0 atom stereocenters. The lowest BCUT2D eigenvalue weighted by Gasteiger charge is -2.08. The van der Waals surface area contributed by atoms with Crippen LogP contribution < -0.4 is 9.47 Å². The Morgan fingerprint density at radius 3 is 2.24 bits per heavy atom. The zero-order valence-electron chi connectivity index (χ0n) is 13.2. The molecule has 3 aromatic rings. The minimum atomic E-state index is -0.680. The lowest BCUT2D eigenvalue weighted by atomic mass is 10.3. The van der Waals surface area contributed by atoms with Crippen molar-refractivity contribution in [2.45, 2.75) is 5.03 Å². The second kappa shape index (κ2) is 8.48. The maximum absolute atomic E-state index is 13.1. The Hall–Kier alpha value is -2.60. The molecule has 0 aliphatic rings. The van der Waals surface area contributed by atoms with Gasteiger partial charge in [0.15, 0.2) is 0 Å². The van der Waals surface area contributed by atoms with Crippen molar-refractivity contribution in [2.75, 3.05) is 12.4 Å². The fourth-order valence-corrected chi connectivity index (χ4v) is 2.75. The van der Waals surface area contributed by atoms with Crippen LogP contribution in [0, 0.1) is 11.6 Å². The van der Waals surface area contributed by atoms with Crippen molar-refractivity contribution in [1.82, 2.24) is 4.98 Å². The summed E-state index contributed by atoms with van der Waals surface area (Å²) in [6, 6.07) is 15.7. The molecule has 0 amide bonds. The van der Waals surface area contributed by atoms with Gasteiger partial charge in [-0.1, -0.05) is 6.07 Å². The lowest BCUT2D eigenvalue weighted by Crippen LogP contribution is -2.00. The highest BCUT2D eigenvalue weighted by Gasteiger charge is 2.04. The number of hydrogen-bond acceptors (Lipinski definition) is 4. The fourth-order valence-electron chi connectivity index (χ4n) is 2.07. The van der Waals surface area contributed by atoms with E-state index in [1.807, 2.05) is 18.2 Å². The Morgan fingerprint density at radius 1 is 0.840 bits per heavy atom. The van der Waals surface area contributed by atoms with Gasteiger partial charge < -0.3 is 9.47 Å². The number of ether oxygens (including phenoxy) is 2. The topological polar surface area (TPSA) is 31.4 Å². The fraction of sp³-hybridized carbons (Fsp3) is 0.105. The minimum Gasteiger partial charge on any atom is -0.493 e. The van der Waals surface area contributed by atoms with Gasteiger partial charge in [-0.3, -0.25) is 0 Å². The molecule has 0 fully saturated rings. The Labute approximate surface area is 148 Å². The molecule has 0 unspecified atom stereocenters. The summed E-state index contributed by atoms with van der Waals surface area (Å²) in [5, 5.41) is 0.956. The molecule has 128 valence electrons. The van der Waals surface area contributed by atoms with Crippen LogP contribution in [-0.2, 0) is 0 Å². The molecule has 1 aromatic heterocycles. The number of thioether (sulfide) groups is 1. The summed E-state index contributed by atoms with van der Waals surface area (Å²) in [6.45, 7) is 0.538. The summed E-state index contributed by atoms with van der Waals surface area (Å²) in [6.07, 6.45) is 1.76. The smallest absolute Gasteiger partial charge is 0.133 e. The summed E-state index contributed by atoms with van der Waals surface area (Å²) in [4.78, 5) is 4.22. The van der Waals surface area contributed by atoms with Gasteiger partial charge in [-0.25, -0.2) is 13.8 Å². The number of pyridine rings is 1. The third kappa shape index (κ3) is 5.46. The first-order valence-corrected chi connectivity index (χ1v) is 8.58.